The Morgan fingerprint density at radius 1 is 0.971 bits per heavy atom. The molecule has 3 heteroatoms. The lowest BCUT2D eigenvalue weighted by atomic mass is 9.96. The minimum Gasteiger partial charge on any atom is -0.388 e. The summed E-state index contributed by atoms with van der Waals surface area (Å²) in [6.45, 7) is 8.54. The molecular formula is C32H41N3. The minimum atomic E-state index is 0.982. The summed E-state index contributed by atoms with van der Waals surface area (Å²) in [6, 6.07) is 24.6. The smallest absolute Gasteiger partial charge is 0.0376 e. The van der Waals surface area contributed by atoms with Gasteiger partial charge >= 0.3 is 0 Å². The Hall–Kier alpha value is -3.04. The average Bonchev–Trinajstić information content (AvgIpc) is 2.89. The van der Waals surface area contributed by atoms with Crippen LogP contribution in [-0.2, 0) is 25.9 Å². The second-order valence-corrected chi connectivity index (χ2v) is 9.75. The predicted molar refractivity (Wildman–Crippen MR) is 151 cm³/mol. The number of allylic oxidation sites excluding steroid dienone is 1. The molecule has 1 aliphatic heterocycles. The number of unbranched alkanes of at least 4 members (excludes halogenated alkanes) is 1. The van der Waals surface area contributed by atoms with Crippen LogP contribution in [0.15, 0.2) is 72.8 Å². The van der Waals surface area contributed by atoms with Gasteiger partial charge in [-0.1, -0.05) is 67.1 Å². The lowest BCUT2D eigenvalue weighted by Gasteiger charge is -2.30. The highest BCUT2D eigenvalue weighted by molar-refractivity contribution is 5.67. The Morgan fingerprint density at radius 3 is 2.63 bits per heavy atom. The largest absolute Gasteiger partial charge is 0.388 e. The Bertz CT molecular complexity index is 1120. The molecule has 0 atom stereocenters. The summed E-state index contributed by atoms with van der Waals surface area (Å²) in [5.41, 5.74) is 11.0. The molecule has 0 amide bonds. The molecule has 4 rings (SSSR count). The van der Waals surface area contributed by atoms with Gasteiger partial charge in [0.2, 0.25) is 0 Å². The molecule has 0 unspecified atom stereocenters. The maximum atomic E-state index is 3.79. The van der Waals surface area contributed by atoms with Crippen LogP contribution in [0.3, 0.4) is 0 Å². The third-order valence-corrected chi connectivity index (χ3v) is 6.99. The fourth-order valence-electron chi connectivity index (χ4n) is 5.03. The molecule has 0 fully saturated rings. The van der Waals surface area contributed by atoms with E-state index in [0.717, 1.165) is 45.4 Å². The molecule has 0 saturated heterocycles. The molecule has 0 saturated carbocycles. The van der Waals surface area contributed by atoms with E-state index < -0.39 is 0 Å². The van der Waals surface area contributed by atoms with Gasteiger partial charge in [0.05, 0.1) is 0 Å². The summed E-state index contributed by atoms with van der Waals surface area (Å²) >= 11 is 0. The number of hydrogen-bond donors (Lipinski definition) is 2. The standard InChI is InChI=1S/C32H41N3/c1-4-10-32(34-19-9-8-13-26-11-6-5-7-12-26)31-21-25(2)14-15-28(31)23-35-20-18-27-16-17-30(33-3)22-29(27)24-35/h5-7,10-12,14-17,21-22,33-34H,4,8-9,13,18-20,23-24H2,1-3H3/b32-10+. The van der Waals surface area contributed by atoms with E-state index in [9.17, 15) is 0 Å². The van der Waals surface area contributed by atoms with Crippen LogP contribution in [0.5, 0.6) is 0 Å². The number of benzene rings is 3. The quantitative estimate of drug-likeness (QED) is 0.299. The first-order valence-electron chi connectivity index (χ1n) is 13.3. The van der Waals surface area contributed by atoms with Crippen LogP contribution in [0.1, 0.15) is 59.6 Å². The molecule has 1 aliphatic rings. The normalized spacial score (nSPS) is 14.0. The zero-order valence-electron chi connectivity index (χ0n) is 21.7. The molecule has 0 aromatic heterocycles. The van der Waals surface area contributed by atoms with Crippen molar-refractivity contribution in [3.63, 3.8) is 0 Å². The molecule has 3 nitrogen and oxygen atoms in total. The summed E-state index contributed by atoms with van der Waals surface area (Å²) in [5, 5.41) is 7.08. The van der Waals surface area contributed by atoms with Crippen LogP contribution in [0, 0.1) is 6.92 Å². The van der Waals surface area contributed by atoms with Gasteiger partial charge in [-0.25, -0.2) is 0 Å². The molecular weight excluding hydrogens is 426 g/mol. The van der Waals surface area contributed by atoms with E-state index in [2.05, 4.69) is 102 Å². The van der Waals surface area contributed by atoms with Gasteiger partial charge in [0, 0.05) is 50.2 Å². The molecule has 3 aromatic rings. The van der Waals surface area contributed by atoms with E-state index in [-0.39, 0.29) is 0 Å². The highest BCUT2D eigenvalue weighted by Crippen LogP contribution is 2.26. The van der Waals surface area contributed by atoms with E-state index in [1.807, 2.05) is 7.05 Å². The lowest BCUT2D eigenvalue weighted by molar-refractivity contribution is 0.245. The van der Waals surface area contributed by atoms with Crippen LogP contribution >= 0.6 is 0 Å². The summed E-state index contributed by atoms with van der Waals surface area (Å²) in [5.74, 6) is 0. The SMILES string of the molecule is CC/C=C(/NCCCCc1ccccc1)c1cc(C)ccc1CN1CCc2ccc(NC)cc2C1. The fraction of sp³-hybridized carbons (Fsp3) is 0.375. The number of nitrogens with one attached hydrogen (secondary N) is 2. The molecule has 0 aliphatic carbocycles. The van der Waals surface area contributed by atoms with Gasteiger partial charge in [0.15, 0.2) is 0 Å². The number of hydrogen-bond acceptors (Lipinski definition) is 3. The van der Waals surface area contributed by atoms with Crippen molar-refractivity contribution in [1.82, 2.24) is 10.2 Å². The van der Waals surface area contributed by atoms with Gasteiger partial charge in [0.25, 0.3) is 0 Å². The van der Waals surface area contributed by atoms with Crippen molar-refractivity contribution in [3.8, 4) is 0 Å². The molecule has 0 bridgehead atoms. The second-order valence-electron chi connectivity index (χ2n) is 9.75. The summed E-state index contributed by atoms with van der Waals surface area (Å²) in [4.78, 5) is 2.60. The highest BCUT2D eigenvalue weighted by atomic mass is 15.1. The number of nitrogens with zero attached hydrogens (tertiary/aromatic N) is 1. The maximum absolute atomic E-state index is 3.79. The lowest BCUT2D eigenvalue weighted by Crippen LogP contribution is -2.30. The molecule has 184 valence electrons. The van der Waals surface area contributed by atoms with Crippen molar-refractivity contribution in [2.75, 3.05) is 25.5 Å². The maximum Gasteiger partial charge on any atom is 0.0376 e. The van der Waals surface area contributed by atoms with Crippen LogP contribution in [0.4, 0.5) is 5.69 Å². The van der Waals surface area contributed by atoms with Crippen molar-refractivity contribution in [3.05, 3.63) is 106 Å². The van der Waals surface area contributed by atoms with E-state index in [0.29, 0.717) is 0 Å². The Balaban J connectivity index is 1.41. The number of anilines is 1. The van der Waals surface area contributed by atoms with Crippen molar-refractivity contribution >= 4 is 11.4 Å². The van der Waals surface area contributed by atoms with E-state index in [1.54, 1.807) is 0 Å². The molecule has 1 heterocycles. The Labute approximate surface area is 212 Å². The van der Waals surface area contributed by atoms with Gasteiger partial charge in [0.1, 0.15) is 0 Å². The number of fused-ring (bicyclic) bond motifs is 1. The summed E-state index contributed by atoms with van der Waals surface area (Å²) in [6.07, 6.45) is 8.05. The first-order chi connectivity index (χ1) is 17.2. The van der Waals surface area contributed by atoms with Crippen molar-refractivity contribution in [2.45, 2.75) is 59.0 Å². The van der Waals surface area contributed by atoms with Gasteiger partial charge < -0.3 is 10.6 Å². The van der Waals surface area contributed by atoms with Gasteiger partial charge in [-0.15, -0.1) is 0 Å². The van der Waals surface area contributed by atoms with E-state index in [4.69, 9.17) is 0 Å². The second kappa shape index (κ2) is 12.6. The van der Waals surface area contributed by atoms with Crippen molar-refractivity contribution < 1.29 is 0 Å². The third kappa shape index (κ3) is 6.99. The molecule has 2 N–H and O–H groups in total. The zero-order chi connectivity index (χ0) is 24.5. The van der Waals surface area contributed by atoms with Gasteiger partial charge in [-0.2, -0.15) is 0 Å². The molecule has 35 heavy (non-hydrogen) atoms. The molecule has 3 aromatic carbocycles. The van der Waals surface area contributed by atoms with Crippen molar-refractivity contribution in [1.29, 1.82) is 0 Å². The van der Waals surface area contributed by atoms with Crippen LogP contribution < -0.4 is 10.6 Å². The highest BCUT2D eigenvalue weighted by Gasteiger charge is 2.18. The summed E-state index contributed by atoms with van der Waals surface area (Å²) in [7, 11) is 2.00. The topological polar surface area (TPSA) is 27.3 Å². The van der Waals surface area contributed by atoms with Crippen molar-refractivity contribution in [2.24, 2.45) is 0 Å². The molecule has 0 spiro atoms. The summed E-state index contributed by atoms with van der Waals surface area (Å²) < 4.78 is 0. The molecule has 0 radical (unpaired) electrons. The van der Waals surface area contributed by atoms with Crippen LogP contribution in [0.25, 0.3) is 5.70 Å². The zero-order valence-corrected chi connectivity index (χ0v) is 21.7. The first kappa shape index (κ1) is 25.1. The van der Waals surface area contributed by atoms with Gasteiger partial charge in [-0.3, -0.25) is 4.90 Å². The third-order valence-electron chi connectivity index (χ3n) is 6.99. The Morgan fingerprint density at radius 2 is 1.83 bits per heavy atom. The van der Waals surface area contributed by atoms with E-state index in [1.165, 1.54) is 57.6 Å². The number of aryl methyl sites for hydroxylation is 2. The predicted octanol–water partition coefficient (Wildman–Crippen LogP) is 6.96. The van der Waals surface area contributed by atoms with Gasteiger partial charge in [-0.05, 0) is 79.5 Å². The average molecular weight is 468 g/mol. The first-order valence-corrected chi connectivity index (χ1v) is 13.3. The van der Waals surface area contributed by atoms with E-state index >= 15 is 0 Å². The van der Waals surface area contributed by atoms with Crippen LogP contribution in [0.2, 0.25) is 0 Å². The Kier molecular flexibility index (Phi) is 9.02. The minimum absolute atomic E-state index is 0.982. The van der Waals surface area contributed by atoms with Crippen LogP contribution in [-0.4, -0.2) is 25.0 Å². The number of rotatable bonds is 11. The monoisotopic (exact) mass is 467 g/mol. The fourth-order valence-corrected chi connectivity index (χ4v) is 5.03.